The number of halogens is 3. The summed E-state index contributed by atoms with van der Waals surface area (Å²) < 4.78 is 36.7. The van der Waals surface area contributed by atoms with Crippen molar-refractivity contribution in [3.8, 4) is 0 Å². The summed E-state index contributed by atoms with van der Waals surface area (Å²) in [4.78, 5) is 43.7. The predicted octanol–water partition coefficient (Wildman–Crippen LogP) is 11.8. The van der Waals surface area contributed by atoms with Crippen LogP contribution in [-0.4, -0.2) is 36.0 Å². The van der Waals surface area contributed by atoms with Gasteiger partial charge in [-0.1, -0.05) is 73.6 Å². The smallest absolute Gasteiger partial charge is 0.341 e. The first kappa shape index (κ1) is 48.7. The molecule has 6 rings (SSSR count). The number of aryl methyl sites for hydroxylation is 2. The summed E-state index contributed by atoms with van der Waals surface area (Å²) in [7, 11) is 2.19. The summed E-state index contributed by atoms with van der Waals surface area (Å²) in [5.41, 5.74) is 15.0. The van der Waals surface area contributed by atoms with Crippen molar-refractivity contribution in [2.24, 2.45) is 0 Å². The van der Waals surface area contributed by atoms with Gasteiger partial charge in [-0.15, -0.1) is 0 Å². The third kappa shape index (κ3) is 10.6. The van der Waals surface area contributed by atoms with Crippen LogP contribution in [0.5, 0.6) is 0 Å². The van der Waals surface area contributed by atoms with Gasteiger partial charge in [0.1, 0.15) is 22.8 Å². The lowest BCUT2D eigenvalue weighted by Crippen LogP contribution is -2.34. The van der Waals surface area contributed by atoms with Crippen LogP contribution in [0.25, 0.3) is 0 Å². The molecule has 0 aliphatic heterocycles. The van der Waals surface area contributed by atoms with Gasteiger partial charge in [-0.05, 0) is 141 Å². The highest BCUT2D eigenvalue weighted by Gasteiger charge is 2.39. The van der Waals surface area contributed by atoms with Crippen LogP contribution < -0.4 is 5.73 Å². The van der Waals surface area contributed by atoms with E-state index in [2.05, 4.69) is 96.1 Å². The molecule has 0 heterocycles. The Balaban J connectivity index is 0.000000222. The van der Waals surface area contributed by atoms with Crippen LogP contribution in [0.4, 0.5) is 25.8 Å². The predicted molar refractivity (Wildman–Crippen MR) is 242 cm³/mol. The summed E-state index contributed by atoms with van der Waals surface area (Å²) >= 11 is 1.62. The van der Waals surface area contributed by atoms with Crippen LogP contribution in [0.2, 0.25) is 0 Å². The Morgan fingerprint density at radius 3 is 1.43 bits per heavy atom. The third-order valence-electron chi connectivity index (χ3n) is 12.3. The Morgan fingerprint density at radius 1 is 0.623 bits per heavy atom. The highest BCUT2D eigenvalue weighted by atomic mass is 127. The van der Waals surface area contributed by atoms with Crippen LogP contribution in [0.3, 0.4) is 0 Å². The number of hydrogen-bond donors (Lipinski definition) is 1. The van der Waals surface area contributed by atoms with E-state index in [0.717, 1.165) is 68.1 Å². The minimum absolute atomic E-state index is 0.000766. The van der Waals surface area contributed by atoms with E-state index < -0.39 is 44.5 Å². The van der Waals surface area contributed by atoms with E-state index in [0.29, 0.717) is 5.41 Å². The summed E-state index contributed by atoms with van der Waals surface area (Å²) in [5, 5.41) is 22.1. The first-order valence-electron chi connectivity index (χ1n) is 19.9. The molecule has 14 heteroatoms. The minimum Gasteiger partial charge on any atom is -0.465 e. The number of nitrogens with two attached hydrogens (primary N) is 1. The number of carbonyl (C=O) groups excluding carboxylic acids is 2. The quantitative estimate of drug-likeness (QED) is 0.0651. The van der Waals surface area contributed by atoms with Crippen LogP contribution in [0.15, 0.2) is 48.5 Å². The van der Waals surface area contributed by atoms with E-state index in [4.69, 9.17) is 5.73 Å². The molecule has 0 fully saturated rings. The van der Waals surface area contributed by atoms with Gasteiger partial charge in [-0.2, -0.15) is 0 Å². The van der Waals surface area contributed by atoms with Gasteiger partial charge in [0, 0.05) is 29.8 Å². The number of benzene rings is 4. The highest BCUT2D eigenvalue weighted by Crippen LogP contribution is 2.48. The van der Waals surface area contributed by atoms with Gasteiger partial charge in [0.2, 0.25) is 0 Å². The highest BCUT2D eigenvalue weighted by molar-refractivity contribution is 14.1. The molecule has 4 aromatic rings. The van der Waals surface area contributed by atoms with E-state index in [1.165, 1.54) is 40.7 Å². The Kier molecular flexibility index (Phi) is 14.5. The van der Waals surface area contributed by atoms with Gasteiger partial charge in [-0.3, -0.25) is 20.2 Å². The van der Waals surface area contributed by atoms with E-state index in [1.54, 1.807) is 22.6 Å². The van der Waals surface area contributed by atoms with Crippen molar-refractivity contribution in [1.82, 2.24) is 0 Å². The van der Waals surface area contributed by atoms with Crippen molar-refractivity contribution in [2.75, 3.05) is 20.0 Å². The normalized spacial score (nSPS) is 16.2. The number of carbonyl (C=O) groups is 2. The molecule has 2 N–H and O–H groups in total. The number of nitro benzene ring substituents is 2. The summed E-state index contributed by atoms with van der Waals surface area (Å²) in [6, 6.07) is 12.6. The van der Waals surface area contributed by atoms with Crippen molar-refractivity contribution in [1.29, 1.82) is 0 Å². The molecule has 61 heavy (non-hydrogen) atoms. The fraction of sp³-hybridized carbons (Fsp3) is 0.447. The molecule has 11 nitrogen and oxygen atoms in total. The molecule has 0 amide bonds. The molecule has 0 atom stereocenters. The van der Waals surface area contributed by atoms with Gasteiger partial charge in [-0.25, -0.2) is 18.4 Å². The average Bonchev–Trinajstić information content (AvgIpc) is 3.16. The van der Waals surface area contributed by atoms with Gasteiger partial charge in [0.15, 0.2) is 0 Å². The van der Waals surface area contributed by atoms with Crippen molar-refractivity contribution in [2.45, 2.75) is 123 Å². The van der Waals surface area contributed by atoms with Gasteiger partial charge >= 0.3 is 11.9 Å². The number of nitro groups is 2. The third-order valence-corrected chi connectivity index (χ3v) is 13.2. The van der Waals surface area contributed by atoms with Crippen molar-refractivity contribution in [3.63, 3.8) is 0 Å². The molecule has 0 spiro atoms. The molecule has 4 aromatic carbocycles. The molecule has 328 valence electrons. The lowest BCUT2D eigenvalue weighted by Gasteiger charge is -2.42. The van der Waals surface area contributed by atoms with Crippen LogP contribution in [0.1, 0.15) is 146 Å². The molecular formula is C47H56F2IN3O8. The lowest BCUT2D eigenvalue weighted by atomic mass is 9.62. The maximum absolute atomic E-state index is 14.5. The van der Waals surface area contributed by atoms with E-state index >= 15 is 0 Å². The summed E-state index contributed by atoms with van der Waals surface area (Å²) in [5.74, 6) is -3.53. The zero-order chi connectivity index (χ0) is 46.2. The number of methoxy groups -OCH3 is 2. The average molecular weight is 956 g/mol. The van der Waals surface area contributed by atoms with Gasteiger partial charge < -0.3 is 15.2 Å². The van der Waals surface area contributed by atoms with E-state index in [-0.39, 0.29) is 43.2 Å². The van der Waals surface area contributed by atoms with Crippen LogP contribution in [0, 0.1) is 49.3 Å². The largest absolute Gasteiger partial charge is 0.465 e. The summed E-state index contributed by atoms with van der Waals surface area (Å²) in [6.07, 6.45) is 4.87. The first-order valence-corrected chi connectivity index (χ1v) is 21.0. The van der Waals surface area contributed by atoms with E-state index in [9.17, 15) is 38.6 Å². The Labute approximate surface area is 370 Å². The van der Waals surface area contributed by atoms with Crippen LogP contribution >= 0.6 is 22.6 Å². The van der Waals surface area contributed by atoms with Crippen molar-refractivity contribution < 1.29 is 37.7 Å². The fourth-order valence-corrected chi connectivity index (χ4v) is 8.65. The molecule has 0 saturated heterocycles. The first-order chi connectivity index (χ1) is 28.1. The molecule has 0 bridgehead atoms. The SMILES string of the molecule is COC(=O)c1cc([N+](=O)[O-])c(Cc2cc3c(cc2C)C(C)(C)CCC3(C)C)cc1F.COC(=O)c1cc([N+](=O)[O-])c(I)cc1F.Cc1cc2c(cc1N)C(C)(C)CCC2(C)C. The number of esters is 2. The number of rotatable bonds is 6. The molecule has 2 aliphatic carbocycles. The second kappa shape index (κ2) is 18.2. The number of anilines is 1. The Hall–Kier alpha value is -4.99. The van der Waals surface area contributed by atoms with Crippen LogP contribution in [-0.2, 0) is 37.6 Å². The second-order valence-corrected chi connectivity index (χ2v) is 19.7. The zero-order valence-electron chi connectivity index (χ0n) is 37.0. The molecule has 0 radical (unpaired) electrons. The number of nitrogen functional groups attached to an aromatic ring is 1. The summed E-state index contributed by atoms with van der Waals surface area (Å²) in [6.45, 7) is 22.4. The van der Waals surface area contributed by atoms with E-state index in [1.807, 2.05) is 6.92 Å². The maximum atomic E-state index is 14.5. The minimum atomic E-state index is -0.938. The fourth-order valence-electron chi connectivity index (χ4n) is 8.03. The molecule has 0 saturated carbocycles. The number of hydrogen-bond acceptors (Lipinski definition) is 9. The monoisotopic (exact) mass is 955 g/mol. The molecule has 2 aliphatic rings. The van der Waals surface area contributed by atoms with Gasteiger partial charge in [0.25, 0.3) is 11.4 Å². The second-order valence-electron chi connectivity index (χ2n) is 18.5. The van der Waals surface area contributed by atoms with Crippen molar-refractivity contribution in [3.05, 3.63) is 140 Å². The molecule has 0 unspecified atom stereocenters. The Morgan fingerprint density at radius 2 is 1.00 bits per heavy atom. The lowest BCUT2D eigenvalue weighted by molar-refractivity contribution is -0.385. The number of nitrogens with zero attached hydrogens (tertiary/aromatic N) is 2. The topological polar surface area (TPSA) is 165 Å². The maximum Gasteiger partial charge on any atom is 0.341 e. The number of fused-ring (bicyclic) bond motifs is 2. The number of ether oxygens (including phenoxy) is 2. The molecular weight excluding hydrogens is 899 g/mol. The van der Waals surface area contributed by atoms with Crippen molar-refractivity contribution >= 4 is 51.6 Å². The standard InChI is InChI=1S/C24H28FNO4.C15H23N.C8H5FINO4/c1-14-9-18-19(24(4,5)8-7-23(18,2)3)11-15(14)10-16-12-20(25)17(22(27)30-6)13-21(16)26(28)29;1-10-8-11-12(9-13(10)16)15(4,5)7-6-14(11,2)3;1-15-8(12)4-2-7(11(13)14)6(10)3-5(4)9/h9,11-13H,7-8,10H2,1-6H3;8-9H,6-7,16H2,1-5H3;2-3H,1H3. The zero-order valence-corrected chi connectivity index (χ0v) is 39.2. The Bertz CT molecular complexity index is 2370. The van der Waals surface area contributed by atoms with Gasteiger partial charge in [0.05, 0.1) is 27.6 Å². The molecule has 0 aromatic heterocycles.